The summed E-state index contributed by atoms with van der Waals surface area (Å²) in [7, 11) is 0. The van der Waals surface area contributed by atoms with Crippen LogP contribution in [0.1, 0.15) is 5.56 Å². The highest BCUT2D eigenvalue weighted by molar-refractivity contribution is 8.04. The average Bonchev–Trinajstić information content (AvgIpc) is 3.21. The summed E-state index contributed by atoms with van der Waals surface area (Å²) in [5, 5.41) is 18.1. The minimum atomic E-state index is -0.231. The topological polar surface area (TPSA) is 94.5 Å². The zero-order valence-electron chi connectivity index (χ0n) is 15.5. The molecule has 8 nitrogen and oxygen atoms in total. The van der Waals surface area contributed by atoms with E-state index in [1.54, 1.807) is 24.7 Å². The third-order valence-corrected chi connectivity index (χ3v) is 5.60. The molecule has 1 atom stereocenters. The Balaban J connectivity index is 1.33. The number of para-hydroxylation sites is 1. The SMILES string of the molecule is Cc1cccc(Cl)c1NC(=O)C1=CNC(Nc2ccc(N3C=CN=CC3)nn2)S1. The summed E-state index contributed by atoms with van der Waals surface area (Å²) in [5.41, 5.74) is 1.29. The highest BCUT2D eigenvalue weighted by atomic mass is 35.5. The number of aliphatic imine (C=N–C) groups is 1. The normalized spacial score (nSPS) is 17.7. The molecule has 0 saturated carbocycles. The number of thioether (sulfide) groups is 1. The van der Waals surface area contributed by atoms with E-state index in [0.717, 1.165) is 11.4 Å². The van der Waals surface area contributed by atoms with Crippen LogP contribution in [0.3, 0.4) is 0 Å². The lowest BCUT2D eigenvalue weighted by atomic mass is 10.2. The van der Waals surface area contributed by atoms with Crippen molar-refractivity contribution in [2.24, 2.45) is 4.99 Å². The highest BCUT2D eigenvalue weighted by Crippen LogP contribution is 2.30. The first-order valence-corrected chi connectivity index (χ1v) is 10.1. The summed E-state index contributed by atoms with van der Waals surface area (Å²) in [6.07, 6.45) is 7.03. The molecule has 148 valence electrons. The molecular formula is C19H18ClN7OS. The van der Waals surface area contributed by atoms with Crippen molar-refractivity contribution in [2.75, 3.05) is 22.1 Å². The quantitative estimate of drug-likeness (QED) is 0.673. The third kappa shape index (κ3) is 4.52. The maximum atomic E-state index is 12.6. The molecule has 1 aromatic carbocycles. The second-order valence-corrected chi connectivity index (χ2v) is 7.82. The largest absolute Gasteiger partial charge is 0.361 e. The van der Waals surface area contributed by atoms with Crippen molar-refractivity contribution >= 4 is 52.8 Å². The molecular weight excluding hydrogens is 410 g/mol. The van der Waals surface area contributed by atoms with Crippen LogP contribution in [-0.4, -0.2) is 34.4 Å². The van der Waals surface area contributed by atoms with Gasteiger partial charge in [-0.05, 0) is 30.7 Å². The molecule has 0 fully saturated rings. The summed E-state index contributed by atoms with van der Waals surface area (Å²) in [5.74, 6) is 1.12. The number of rotatable bonds is 5. The summed E-state index contributed by atoms with van der Waals surface area (Å²) in [6, 6.07) is 9.21. The Kier molecular flexibility index (Phi) is 5.68. The van der Waals surface area contributed by atoms with Crippen LogP contribution in [0.15, 0.2) is 58.8 Å². The summed E-state index contributed by atoms with van der Waals surface area (Å²) in [6.45, 7) is 2.56. The number of carbonyl (C=O) groups excluding carboxylic acids is 1. The molecule has 10 heteroatoms. The lowest BCUT2D eigenvalue weighted by Crippen LogP contribution is -2.26. The fraction of sp³-hybridized carbons (Fsp3) is 0.158. The van der Waals surface area contributed by atoms with Crippen LogP contribution in [0, 0.1) is 6.92 Å². The molecule has 0 aliphatic carbocycles. The molecule has 2 aliphatic heterocycles. The smallest absolute Gasteiger partial charge is 0.263 e. The van der Waals surface area contributed by atoms with Crippen molar-refractivity contribution in [2.45, 2.75) is 12.4 Å². The maximum Gasteiger partial charge on any atom is 0.263 e. The number of carbonyl (C=O) groups is 1. The molecule has 3 heterocycles. The van der Waals surface area contributed by atoms with Gasteiger partial charge in [0.05, 0.1) is 22.2 Å². The Morgan fingerprint density at radius 3 is 2.93 bits per heavy atom. The molecule has 0 radical (unpaired) electrons. The van der Waals surface area contributed by atoms with E-state index >= 15 is 0 Å². The fourth-order valence-corrected chi connectivity index (χ4v) is 3.87. The lowest BCUT2D eigenvalue weighted by Gasteiger charge is -2.19. The Morgan fingerprint density at radius 1 is 1.31 bits per heavy atom. The fourth-order valence-electron chi connectivity index (χ4n) is 2.74. The zero-order valence-corrected chi connectivity index (χ0v) is 17.0. The van der Waals surface area contributed by atoms with Gasteiger partial charge in [-0.1, -0.05) is 35.5 Å². The lowest BCUT2D eigenvalue weighted by molar-refractivity contribution is -0.112. The molecule has 1 amide bonds. The van der Waals surface area contributed by atoms with Crippen molar-refractivity contribution in [1.29, 1.82) is 0 Å². The van der Waals surface area contributed by atoms with Crippen LogP contribution in [0.25, 0.3) is 0 Å². The summed E-state index contributed by atoms with van der Waals surface area (Å²) >= 11 is 7.54. The van der Waals surface area contributed by atoms with Gasteiger partial charge in [0.15, 0.2) is 17.1 Å². The molecule has 4 rings (SSSR count). The van der Waals surface area contributed by atoms with Gasteiger partial charge in [-0.15, -0.1) is 10.2 Å². The number of halogens is 1. The van der Waals surface area contributed by atoms with Crippen LogP contribution in [0.4, 0.5) is 17.3 Å². The molecule has 2 aliphatic rings. The maximum absolute atomic E-state index is 12.6. The van der Waals surface area contributed by atoms with Gasteiger partial charge in [0, 0.05) is 24.8 Å². The standard InChI is InChI=1S/C19H18ClN7OS/c1-12-3-2-4-13(20)17(12)24-18(28)14-11-22-19(29-14)23-15-5-6-16(26-25-15)27-9-7-21-8-10-27/h2-9,11,19,22H,10H2,1H3,(H,23,25)(H,24,28). The first-order valence-electron chi connectivity index (χ1n) is 8.85. The zero-order chi connectivity index (χ0) is 20.2. The molecule has 1 aromatic heterocycles. The van der Waals surface area contributed by atoms with Gasteiger partial charge in [-0.3, -0.25) is 9.79 Å². The van der Waals surface area contributed by atoms with Gasteiger partial charge in [-0.2, -0.15) is 0 Å². The Morgan fingerprint density at radius 2 is 2.21 bits per heavy atom. The summed E-state index contributed by atoms with van der Waals surface area (Å²) in [4.78, 5) is 19.1. The molecule has 0 spiro atoms. The number of hydrogen-bond acceptors (Lipinski definition) is 8. The van der Waals surface area contributed by atoms with Crippen LogP contribution in [0.5, 0.6) is 0 Å². The first kappa shape index (κ1) is 19.3. The van der Waals surface area contributed by atoms with E-state index in [0.29, 0.717) is 28.0 Å². The van der Waals surface area contributed by atoms with Crippen molar-refractivity contribution in [3.8, 4) is 0 Å². The van der Waals surface area contributed by atoms with Gasteiger partial charge in [0.25, 0.3) is 5.91 Å². The second kappa shape index (κ2) is 8.54. The van der Waals surface area contributed by atoms with Crippen LogP contribution in [-0.2, 0) is 4.79 Å². The van der Waals surface area contributed by atoms with E-state index in [2.05, 4.69) is 31.1 Å². The number of hydrogen-bond donors (Lipinski definition) is 3. The number of anilines is 3. The third-order valence-electron chi connectivity index (χ3n) is 4.24. The predicted molar refractivity (Wildman–Crippen MR) is 118 cm³/mol. The average molecular weight is 428 g/mol. The number of nitrogens with zero attached hydrogens (tertiary/aromatic N) is 4. The minimum absolute atomic E-state index is 0.219. The second-order valence-electron chi connectivity index (χ2n) is 6.26. The number of aryl methyl sites for hydroxylation is 1. The monoisotopic (exact) mass is 427 g/mol. The molecule has 0 saturated heterocycles. The minimum Gasteiger partial charge on any atom is -0.361 e. The van der Waals surface area contributed by atoms with Crippen LogP contribution < -0.4 is 20.9 Å². The number of amides is 1. The molecule has 3 N–H and O–H groups in total. The van der Waals surface area contributed by atoms with E-state index in [-0.39, 0.29) is 11.4 Å². The summed E-state index contributed by atoms with van der Waals surface area (Å²) < 4.78 is 0. The van der Waals surface area contributed by atoms with Crippen molar-refractivity contribution in [3.63, 3.8) is 0 Å². The van der Waals surface area contributed by atoms with E-state index in [1.165, 1.54) is 11.8 Å². The van der Waals surface area contributed by atoms with Gasteiger partial charge in [-0.25, -0.2) is 0 Å². The number of benzene rings is 1. The Labute approximate surface area is 177 Å². The Hall–Kier alpha value is -3.04. The van der Waals surface area contributed by atoms with E-state index in [1.807, 2.05) is 42.3 Å². The number of aromatic nitrogens is 2. The highest BCUT2D eigenvalue weighted by Gasteiger charge is 2.23. The predicted octanol–water partition coefficient (Wildman–Crippen LogP) is 3.31. The molecule has 2 aromatic rings. The molecule has 0 bridgehead atoms. The van der Waals surface area contributed by atoms with Crippen LogP contribution in [0.2, 0.25) is 5.02 Å². The van der Waals surface area contributed by atoms with Crippen molar-refractivity contribution in [3.05, 3.63) is 64.4 Å². The van der Waals surface area contributed by atoms with Crippen molar-refractivity contribution in [1.82, 2.24) is 15.5 Å². The first-order chi connectivity index (χ1) is 14.1. The van der Waals surface area contributed by atoms with E-state index in [9.17, 15) is 4.79 Å². The molecule has 1 unspecified atom stereocenters. The van der Waals surface area contributed by atoms with Gasteiger partial charge in [0.2, 0.25) is 0 Å². The Bertz CT molecular complexity index is 986. The van der Waals surface area contributed by atoms with Crippen LogP contribution >= 0.6 is 23.4 Å². The van der Waals surface area contributed by atoms with Gasteiger partial charge in [0.1, 0.15) is 0 Å². The van der Waals surface area contributed by atoms with E-state index in [4.69, 9.17) is 11.6 Å². The number of nitrogens with one attached hydrogen (secondary N) is 3. The van der Waals surface area contributed by atoms with Gasteiger partial charge < -0.3 is 20.9 Å². The van der Waals surface area contributed by atoms with Gasteiger partial charge >= 0.3 is 0 Å². The van der Waals surface area contributed by atoms with E-state index < -0.39 is 0 Å². The van der Waals surface area contributed by atoms with Crippen molar-refractivity contribution < 1.29 is 4.79 Å². The molecule has 29 heavy (non-hydrogen) atoms.